The molecule has 5 heteroatoms. The van der Waals surface area contributed by atoms with Crippen LogP contribution in [0.25, 0.3) is 16.2 Å². The van der Waals surface area contributed by atoms with E-state index in [4.69, 9.17) is 4.98 Å². The highest BCUT2D eigenvalue weighted by Crippen LogP contribution is 2.37. The second kappa shape index (κ2) is 8.44. The van der Waals surface area contributed by atoms with Crippen molar-refractivity contribution in [1.82, 2.24) is 14.4 Å². The summed E-state index contributed by atoms with van der Waals surface area (Å²) in [7, 11) is 0. The van der Waals surface area contributed by atoms with Crippen LogP contribution in [0, 0.1) is 24.2 Å². The first kappa shape index (κ1) is 22.1. The van der Waals surface area contributed by atoms with E-state index in [2.05, 4.69) is 98.5 Å². The predicted octanol–water partition coefficient (Wildman–Crippen LogP) is 6.79. The van der Waals surface area contributed by atoms with E-state index in [0.29, 0.717) is 0 Å². The molecule has 0 aliphatic rings. The topological polar surface area (TPSA) is 42.2 Å². The Morgan fingerprint density at radius 1 is 1.00 bits per heavy atom. The number of rotatable bonds is 4. The van der Waals surface area contributed by atoms with Gasteiger partial charge in [-0.25, -0.2) is 9.97 Å². The SMILES string of the molecule is Cc1ccc2nc(-c3ccc(C#Cc4ccccn4)s3)c(NC(C)(C)CC(C)(C)C)n2c1. The third-order valence-electron chi connectivity index (χ3n) is 5.01. The summed E-state index contributed by atoms with van der Waals surface area (Å²) >= 11 is 1.66. The molecule has 0 saturated heterocycles. The summed E-state index contributed by atoms with van der Waals surface area (Å²) in [4.78, 5) is 11.4. The minimum Gasteiger partial charge on any atom is -0.364 e. The number of aryl methyl sites for hydroxylation is 1. The van der Waals surface area contributed by atoms with Crippen LogP contribution < -0.4 is 5.32 Å². The van der Waals surface area contributed by atoms with E-state index in [1.54, 1.807) is 17.5 Å². The zero-order chi connectivity index (χ0) is 22.9. The number of thiophene rings is 1. The van der Waals surface area contributed by atoms with Crippen LogP contribution in [-0.4, -0.2) is 19.9 Å². The van der Waals surface area contributed by atoms with Crippen LogP contribution in [0.5, 0.6) is 0 Å². The van der Waals surface area contributed by atoms with E-state index < -0.39 is 0 Å². The monoisotopic (exact) mass is 442 g/mol. The van der Waals surface area contributed by atoms with Crippen molar-refractivity contribution in [2.24, 2.45) is 5.41 Å². The number of nitrogens with one attached hydrogen (secondary N) is 1. The molecule has 0 spiro atoms. The first-order chi connectivity index (χ1) is 15.1. The van der Waals surface area contributed by atoms with Gasteiger partial charge in [0.05, 0.1) is 9.75 Å². The molecule has 4 nitrogen and oxygen atoms in total. The fraction of sp³-hybridized carbons (Fsp3) is 0.333. The van der Waals surface area contributed by atoms with E-state index >= 15 is 0 Å². The Hall–Kier alpha value is -3.10. The summed E-state index contributed by atoms with van der Waals surface area (Å²) in [6.45, 7) is 13.5. The van der Waals surface area contributed by atoms with Gasteiger partial charge in [-0.05, 0) is 80.3 Å². The van der Waals surface area contributed by atoms with Gasteiger partial charge in [-0.15, -0.1) is 11.3 Å². The molecule has 1 N–H and O–H groups in total. The number of hydrogen-bond donors (Lipinski definition) is 1. The molecule has 32 heavy (non-hydrogen) atoms. The first-order valence-electron chi connectivity index (χ1n) is 10.9. The van der Waals surface area contributed by atoms with Gasteiger partial charge in [0.1, 0.15) is 22.9 Å². The van der Waals surface area contributed by atoms with Crippen molar-refractivity contribution < 1.29 is 0 Å². The molecule has 4 rings (SSSR count). The Morgan fingerprint density at radius 3 is 2.53 bits per heavy atom. The van der Waals surface area contributed by atoms with Gasteiger partial charge in [-0.1, -0.05) is 32.9 Å². The van der Waals surface area contributed by atoms with Crippen molar-refractivity contribution in [1.29, 1.82) is 0 Å². The molecule has 0 radical (unpaired) electrons. The van der Waals surface area contributed by atoms with Crippen LogP contribution >= 0.6 is 11.3 Å². The summed E-state index contributed by atoms with van der Waals surface area (Å²) in [5.74, 6) is 7.42. The largest absolute Gasteiger partial charge is 0.364 e. The lowest BCUT2D eigenvalue weighted by Gasteiger charge is -2.34. The molecule has 0 aliphatic carbocycles. The molecule has 4 heterocycles. The average Bonchev–Trinajstić information content (AvgIpc) is 3.30. The summed E-state index contributed by atoms with van der Waals surface area (Å²) < 4.78 is 2.17. The summed E-state index contributed by atoms with van der Waals surface area (Å²) in [6.07, 6.45) is 4.94. The maximum absolute atomic E-state index is 4.99. The molecule has 0 atom stereocenters. The third kappa shape index (κ3) is 5.20. The van der Waals surface area contributed by atoms with Gasteiger partial charge in [0.15, 0.2) is 0 Å². The number of anilines is 1. The highest BCUT2D eigenvalue weighted by Gasteiger charge is 2.28. The zero-order valence-corrected chi connectivity index (χ0v) is 20.5. The third-order valence-corrected chi connectivity index (χ3v) is 6.02. The van der Waals surface area contributed by atoms with Crippen LogP contribution in [0.15, 0.2) is 54.9 Å². The fourth-order valence-corrected chi connectivity index (χ4v) is 5.08. The molecule has 0 saturated carbocycles. The van der Waals surface area contributed by atoms with E-state index in [1.807, 2.05) is 18.2 Å². The van der Waals surface area contributed by atoms with Crippen molar-refractivity contribution in [3.8, 4) is 22.4 Å². The van der Waals surface area contributed by atoms with E-state index in [0.717, 1.165) is 39.0 Å². The summed E-state index contributed by atoms with van der Waals surface area (Å²) in [5.41, 5.74) is 4.00. The predicted molar refractivity (Wildman–Crippen MR) is 135 cm³/mol. The van der Waals surface area contributed by atoms with Crippen LogP contribution in [0.3, 0.4) is 0 Å². The standard InChI is InChI=1S/C27H30N4S/c1-19-10-15-23-29-24(25(31(23)17-19)30-27(5,6)18-26(2,3)4)22-14-13-21(32-22)12-11-20-9-7-8-16-28-20/h7-10,13-17,30H,18H2,1-6H3. The van der Waals surface area contributed by atoms with Gasteiger partial charge in [0.25, 0.3) is 0 Å². The molecule has 0 unspecified atom stereocenters. The van der Waals surface area contributed by atoms with Gasteiger partial charge >= 0.3 is 0 Å². The quantitative estimate of drug-likeness (QED) is 0.354. The lowest BCUT2D eigenvalue weighted by Crippen LogP contribution is -2.36. The fourth-order valence-electron chi connectivity index (χ4n) is 4.23. The normalized spacial score (nSPS) is 11.9. The van der Waals surface area contributed by atoms with Crippen molar-refractivity contribution in [2.75, 3.05) is 5.32 Å². The highest BCUT2D eigenvalue weighted by molar-refractivity contribution is 7.16. The minimum absolute atomic E-state index is 0.0917. The molecule has 0 aromatic carbocycles. The van der Waals surface area contributed by atoms with Crippen molar-refractivity contribution in [2.45, 2.75) is 53.5 Å². The molecule has 0 bridgehead atoms. The molecule has 164 valence electrons. The lowest BCUT2D eigenvalue weighted by molar-refractivity contribution is 0.302. The Kier molecular flexibility index (Phi) is 5.83. The maximum atomic E-state index is 4.99. The smallest absolute Gasteiger partial charge is 0.140 e. The van der Waals surface area contributed by atoms with E-state index in [1.165, 1.54) is 5.56 Å². The Bertz CT molecular complexity index is 1290. The first-order valence-corrected chi connectivity index (χ1v) is 11.7. The van der Waals surface area contributed by atoms with Gasteiger partial charge in [-0.2, -0.15) is 0 Å². The number of pyridine rings is 2. The highest BCUT2D eigenvalue weighted by atomic mass is 32.1. The van der Waals surface area contributed by atoms with Crippen LogP contribution in [0.2, 0.25) is 0 Å². The molecule has 0 fully saturated rings. The number of fused-ring (bicyclic) bond motifs is 1. The van der Waals surface area contributed by atoms with E-state index in [9.17, 15) is 0 Å². The Morgan fingerprint density at radius 2 is 1.81 bits per heavy atom. The van der Waals surface area contributed by atoms with Crippen molar-refractivity contribution in [3.63, 3.8) is 0 Å². The second-order valence-corrected chi connectivity index (χ2v) is 11.2. The summed E-state index contributed by atoms with van der Waals surface area (Å²) in [5, 5.41) is 3.82. The lowest BCUT2D eigenvalue weighted by atomic mass is 9.82. The van der Waals surface area contributed by atoms with Gasteiger partial charge in [0, 0.05) is 17.9 Å². The van der Waals surface area contributed by atoms with Crippen LogP contribution in [0.1, 0.15) is 57.2 Å². The molecular weight excluding hydrogens is 412 g/mol. The Labute approximate surface area is 194 Å². The molecule has 4 aromatic heterocycles. The number of hydrogen-bond acceptors (Lipinski definition) is 4. The van der Waals surface area contributed by atoms with Crippen molar-refractivity contribution in [3.05, 3.63) is 71.0 Å². The second-order valence-electron chi connectivity index (χ2n) is 10.1. The van der Waals surface area contributed by atoms with Gasteiger partial charge in [-0.3, -0.25) is 4.40 Å². The molecular formula is C27H30N4S. The van der Waals surface area contributed by atoms with Crippen molar-refractivity contribution >= 4 is 22.8 Å². The maximum Gasteiger partial charge on any atom is 0.140 e. The summed E-state index contributed by atoms with van der Waals surface area (Å²) in [6, 6.07) is 14.1. The van der Waals surface area contributed by atoms with E-state index in [-0.39, 0.29) is 11.0 Å². The minimum atomic E-state index is -0.0917. The molecule has 0 aliphatic heterocycles. The van der Waals surface area contributed by atoms with Gasteiger partial charge in [0.2, 0.25) is 0 Å². The molecule has 0 amide bonds. The van der Waals surface area contributed by atoms with Crippen LogP contribution in [-0.2, 0) is 0 Å². The molecule has 4 aromatic rings. The Balaban J connectivity index is 1.74. The number of aromatic nitrogens is 3. The zero-order valence-electron chi connectivity index (χ0n) is 19.7. The number of imidazole rings is 1. The average molecular weight is 443 g/mol. The number of nitrogens with zero attached hydrogens (tertiary/aromatic N) is 3. The van der Waals surface area contributed by atoms with Crippen LogP contribution in [0.4, 0.5) is 5.82 Å². The van der Waals surface area contributed by atoms with Gasteiger partial charge < -0.3 is 5.32 Å².